The molecule has 0 saturated heterocycles. The van der Waals surface area contributed by atoms with E-state index in [0.29, 0.717) is 17.2 Å². The van der Waals surface area contributed by atoms with Gasteiger partial charge < -0.3 is 0 Å². The Hall–Kier alpha value is -2.99. The molecule has 0 fully saturated rings. The fourth-order valence-corrected chi connectivity index (χ4v) is 4.09. The Kier molecular flexibility index (Phi) is 6.77. The fraction of sp³-hybridized carbons (Fsp3) is 0.100. The number of benzene rings is 2. The van der Waals surface area contributed by atoms with Gasteiger partial charge in [-0.15, -0.1) is 0 Å². The van der Waals surface area contributed by atoms with Gasteiger partial charge in [0.05, 0.1) is 0 Å². The number of para-hydroxylation sites is 2. The van der Waals surface area contributed by atoms with Crippen LogP contribution in [0.5, 0.6) is 23.3 Å². The van der Waals surface area contributed by atoms with Crippen molar-refractivity contribution in [3.8, 4) is 23.3 Å². The Bertz CT molecular complexity index is 1160. The maximum atomic E-state index is 15.0. The monoisotopic (exact) mass is 555 g/mol. The van der Waals surface area contributed by atoms with Crippen molar-refractivity contribution in [3.05, 3.63) is 71.3 Å². The second-order valence-electron chi connectivity index (χ2n) is 5.92. The molecule has 2 aromatic carbocycles. The van der Waals surface area contributed by atoms with E-state index < -0.39 is 27.3 Å². The standard InChI is InChI=1S/C20H14ClFIN4O4/c21-13-6-2-4-8-15(13)31-19-16(22)18(24-11-25-19)30-14-7-3-1-5-12(14)17(27-28)20-26-23-9-10-29-20/h1-8,11,28H,9-10H2/q-1. The van der Waals surface area contributed by atoms with Crippen molar-refractivity contribution in [2.75, 3.05) is 11.0 Å². The van der Waals surface area contributed by atoms with E-state index in [1.54, 1.807) is 48.5 Å². The summed E-state index contributed by atoms with van der Waals surface area (Å²) in [5.74, 6) is -0.998. The molecule has 160 valence electrons. The minimum absolute atomic E-state index is 0.0944. The van der Waals surface area contributed by atoms with E-state index in [1.165, 1.54) is 0 Å². The van der Waals surface area contributed by atoms with Crippen LogP contribution in [0, 0.1) is 5.82 Å². The summed E-state index contributed by atoms with van der Waals surface area (Å²) in [5.41, 5.74) is 0.457. The molecule has 3 aromatic rings. The van der Waals surface area contributed by atoms with Crippen LogP contribution in [0.1, 0.15) is 5.56 Å². The zero-order chi connectivity index (χ0) is 21.6. The summed E-state index contributed by atoms with van der Waals surface area (Å²) in [4.78, 5) is 7.68. The second-order valence-corrected chi connectivity index (χ2v) is 8.57. The number of ether oxygens (including phenoxy) is 3. The van der Waals surface area contributed by atoms with Crippen molar-refractivity contribution in [1.82, 2.24) is 9.97 Å². The Labute approximate surface area is 192 Å². The minimum atomic E-state index is -0.920. The molecule has 0 aliphatic carbocycles. The van der Waals surface area contributed by atoms with Crippen molar-refractivity contribution in [2.24, 2.45) is 8.36 Å². The van der Waals surface area contributed by atoms with Gasteiger partial charge in [-0.3, -0.25) is 0 Å². The summed E-state index contributed by atoms with van der Waals surface area (Å²) in [5, 5.41) is 13.2. The van der Waals surface area contributed by atoms with Crippen molar-refractivity contribution >= 4 is 23.2 Å². The molecule has 0 radical (unpaired) electrons. The molecule has 1 aliphatic rings. The summed E-state index contributed by atoms with van der Waals surface area (Å²) < 4.78 is 36.9. The van der Waals surface area contributed by atoms with Crippen molar-refractivity contribution < 1.29 is 45.3 Å². The first-order valence-electron chi connectivity index (χ1n) is 8.89. The average Bonchev–Trinajstić information content (AvgIpc) is 2.80. The zero-order valence-corrected chi connectivity index (χ0v) is 18.6. The van der Waals surface area contributed by atoms with E-state index in [1.807, 2.05) is 0 Å². The van der Waals surface area contributed by atoms with Gasteiger partial charge in [0, 0.05) is 0 Å². The second kappa shape index (κ2) is 9.88. The van der Waals surface area contributed by atoms with Crippen LogP contribution >= 0.6 is 11.6 Å². The molecule has 31 heavy (non-hydrogen) atoms. The predicted octanol–water partition coefficient (Wildman–Crippen LogP) is 1.46. The number of oxime groups is 1. The van der Waals surface area contributed by atoms with Crippen molar-refractivity contribution in [3.63, 3.8) is 0 Å². The number of nitrogens with zero attached hydrogens (tertiary/aromatic N) is 4. The number of aromatic nitrogens is 2. The number of halogens is 3. The molecule has 0 unspecified atom stereocenters. The van der Waals surface area contributed by atoms with Crippen molar-refractivity contribution in [1.29, 1.82) is 0 Å². The summed E-state index contributed by atoms with van der Waals surface area (Å²) in [7, 11) is 0. The molecule has 8 nitrogen and oxygen atoms in total. The molecule has 2 heterocycles. The van der Waals surface area contributed by atoms with Crippen LogP contribution in [0.25, 0.3) is 0 Å². The maximum absolute atomic E-state index is 15.0. The Morgan fingerprint density at radius 2 is 1.74 bits per heavy atom. The van der Waals surface area contributed by atoms with Gasteiger partial charge in [0.2, 0.25) is 0 Å². The van der Waals surface area contributed by atoms with Crippen LogP contribution in [0.3, 0.4) is 0 Å². The number of hydrogen-bond acceptors (Lipinski definition) is 8. The molecule has 0 spiro atoms. The van der Waals surface area contributed by atoms with Crippen LogP contribution in [-0.4, -0.2) is 37.8 Å². The molecular formula is C20H14ClFIN4O4-. The van der Waals surface area contributed by atoms with Gasteiger partial charge in [-0.05, 0) is 6.07 Å². The van der Waals surface area contributed by atoms with E-state index in [-0.39, 0.29) is 34.9 Å². The third-order valence-electron chi connectivity index (χ3n) is 3.96. The molecule has 1 N–H and O–H groups in total. The Morgan fingerprint density at radius 3 is 2.42 bits per heavy atom. The quantitative estimate of drug-likeness (QED) is 0.163. The van der Waals surface area contributed by atoms with Crippen LogP contribution in [0.15, 0.2) is 63.2 Å². The summed E-state index contributed by atoms with van der Waals surface area (Å²) in [6.07, 6.45) is 1.10. The van der Waals surface area contributed by atoms with Gasteiger partial charge in [-0.25, -0.2) is 0 Å². The van der Waals surface area contributed by atoms with Gasteiger partial charge in [0.15, 0.2) is 0 Å². The third-order valence-corrected chi connectivity index (χ3v) is 5.97. The third kappa shape index (κ3) is 4.85. The van der Waals surface area contributed by atoms with Gasteiger partial charge in [-0.1, -0.05) is 23.7 Å². The van der Waals surface area contributed by atoms with E-state index in [2.05, 4.69) is 18.3 Å². The normalized spacial score (nSPS) is 14.1. The van der Waals surface area contributed by atoms with Crippen LogP contribution in [0.2, 0.25) is 5.02 Å². The van der Waals surface area contributed by atoms with Gasteiger partial charge >= 0.3 is 163 Å². The topological polar surface area (TPSA) is 98.4 Å². The molecule has 11 heteroatoms. The van der Waals surface area contributed by atoms with Crippen molar-refractivity contribution in [2.45, 2.75) is 0 Å². The first-order chi connectivity index (χ1) is 15.2. The average molecular weight is 556 g/mol. The molecule has 0 amide bonds. The molecular weight excluding hydrogens is 542 g/mol. The summed E-state index contributed by atoms with van der Waals surface area (Å²) in [6.45, 7) is 0.497. The van der Waals surface area contributed by atoms with Crippen LogP contribution in [0.4, 0.5) is 4.39 Å². The van der Waals surface area contributed by atoms with Crippen LogP contribution < -0.4 is 31.0 Å². The molecule has 0 atom stereocenters. The molecule has 0 saturated carbocycles. The van der Waals surface area contributed by atoms with Gasteiger partial charge in [0.25, 0.3) is 0 Å². The zero-order valence-electron chi connectivity index (χ0n) is 15.7. The predicted molar refractivity (Wildman–Crippen MR) is 107 cm³/mol. The van der Waals surface area contributed by atoms with Gasteiger partial charge in [0.1, 0.15) is 0 Å². The van der Waals surface area contributed by atoms with E-state index in [4.69, 9.17) is 25.8 Å². The van der Waals surface area contributed by atoms with E-state index in [0.717, 1.165) is 10.8 Å². The van der Waals surface area contributed by atoms with E-state index in [9.17, 15) is 5.21 Å². The number of rotatable bonds is 6. The Balaban J connectivity index is 1.65. The van der Waals surface area contributed by atoms with E-state index >= 15 is 4.39 Å². The van der Waals surface area contributed by atoms with Gasteiger partial charge in [-0.2, -0.15) is 0 Å². The first-order valence-corrected chi connectivity index (χ1v) is 11.8. The molecule has 0 bridgehead atoms. The van der Waals surface area contributed by atoms with Crippen LogP contribution in [-0.2, 0) is 4.74 Å². The summed E-state index contributed by atoms with van der Waals surface area (Å²) >= 11 is 5.63. The Morgan fingerprint density at radius 1 is 1.06 bits per heavy atom. The molecule has 4 rings (SSSR count). The molecule has 1 aliphatic heterocycles. The first kappa shape index (κ1) is 21.2. The molecule has 1 aromatic heterocycles. The number of alkyl halides is 1. The number of hydrogen-bond donors (Lipinski definition) is 1. The summed E-state index contributed by atoms with van der Waals surface area (Å²) in [6, 6.07) is 13.2. The fourth-order valence-electron chi connectivity index (χ4n) is 2.58. The SMILES string of the molecule is ON=C(C1=N[I-]CCO1)c1ccccc1Oc1ncnc(Oc2ccccc2Cl)c1F.